The topological polar surface area (TPSA) is 108 Å². The van der Waals surface area contributed by atoms with Crippen molar-refractivity contribution < 1.29 is 9.32 Å². The van der Waals surface area contributed by atoms with E-state index in [0.717, 1.165) is 5.69 Å². The number of hydrogen-bond acceptors (Lipinski definition) is 6. The number of nitrogen functional groups attached to an aromatic ring is 1. The number of anilines is 1. The van der Waals surface area contributed by atoms with E-state index >= 15 is 0 Å². The molecule has 20 heavy (non-hydrogen) atoms. The maximum absolute atomic E-state index is 11.3. The third-order valence-corrected chi connectivity index (χ3v) is 2.75. The second-order valence-electron chi connectivity index (χ2n) is 4.14. The Morgan fingerprint density at radius 3 is 3.00 bits per heavy atom. The first-order valence-corrected chi connectivity index (χ1v) is 5.82. The van der Waals surface area contributed by atoms with Crippen molar-refractivity contribution in [2.24, 2.45) is 5.84 Å². The predicted octanol–water partition coefficient (Wildman–Crippen LogP) is 0.786. The van der Waals surface area contributed by atoms with E-state index < -0.39 is 5.91 Å². The lowest BCUT2D eigenvalue weighted by Crippen LogP contribution is -2.30. The third kappa shape index (κ3) is 2.76. The molecular formula is C13H13N5O2. The number of nitriles is 1. The molecule has 0 radical (unpaired) electrons. The number of para-hydroxylation sites is 1. The largest absolute Gasteiger partial charge is 0.366 e. The first kappa shape index (κ1) is 13.6. The molecule has 1 heterocycles. The van der Waals surface area contributed by atoms with Crippen LogP contribution in [0.2, 0.25) is 0 Å². The van der Waals surface area contributed by atoms with Crippen LogP contribution in [-0.4, -0.2) is 18.1 Å². The molecule has 0 fully saturated rings. The number of amides is 1. The lowest BCUT2D eigenvalue weighted by Gasteiger charge is -2.18. The van der Waals surface area contributed by atoms with Gasteiger partial charge < -0.3 is 9.42 Å². The molecule has 1 amide bonds. The lowest BCUT2D eigenvalue weighted by atomic mass is 10.2. The minimum Gasteiger partial charge on any atom is -0.366 e. The Kier molecular flexibility index (Phi) is 3.98. The van der Waals surface area contributed by atoms with Crippen molar-refractivity contribution in [3.05, 3.63) is 47.3 Å². The molecule has 7 nitrogen and oxygen atoms in total. The van der Waals surface area contributed by atoms with Gasteiger partial charge in [-0.25, -0.2) is 5.84 Å². The molecule has 7 heteroatoms. The fourth-order valence-corrected chi connectivity index (χ4v) is 1.79. The SMILES string of the molecule is CN(Cc1cc(C(=O)NN)no1)c1ccccc1C#N. The lowest BCUT2D eigenvalue weighted by molar-refractivity contribution is 0.0944. The molecule has 3 N–H and O–H groups in total. The first-order chi connectivity index (χ1) is 9.65. The summed E-state index contributed by atoms with van der Waals surface area (Å²) in [5, 5.41) is 12.7. The second kappa shape index (κ2) is 5.86. The number of benzene rings is 1. The Balaban J connectivity index is 2.16. The highest BCUT2D eigenvalue weighted by atomic mass is 16.5. The van der Waals surface area contributed by atoms with Crippen molar-refractivity contribution in [1.82, 2.24) is 10.6 Å². The van der Waals surface area contributed by atoms with Gasteiger partial charge in [-0.05, 0) is 12.1 Å². The Morgan fingerprint density at radius 1 is 1.55 bits per heavy atom. The zero-order valence-corrected chi connectivity index (χ0v) is 10.8. The van der Waals surface area contributed by atoms with E-state index in [1.807, 2.05) is 29.5 Å². The summed E-state index contributed by atoms with van der Waals surface area (Å²) < 4.78 is 5.06. The Bertz CT molecular complexity index is 659. The average Bonchev–Trinajstić information content (AvgIpc) is 2.94. The second-order valence-corrected chi connectivity index (χ2v) is 4.14. The van der Waals surface area contributed by atoms with E-state index in [-0.39, 0.29) is 5.69 Å². The Morgan fingerprint density at radius 2 is 2.30 bits per heavy atom. The number of rotatable bonds is 4. The fourth-order valence-electron chi connectivity index (χ4n) is 1.79. The van der Waals surface area contributed by atoms with Crippen LogP contribution < -0.4 is 16.2 Å². The molecule has 0 atom stereocenters. The van der Waals surface area contributed by atoms with Crippen LogP contribution in [-0.2, 0) is 6.54 Å². The fraction of sp³-hybridized carbons (Fsp3) is 0.154. The van der Waals surface area contributed by atoms with Crippen molar-refractivity contribution >= 4 is 11.6 Å². The molecule has 102 valence electrons. The quantitative estimate of drug-likeness (QED) is 0.483. The van der Waals surface area contributed by atoms with Crippen molar-refractivity contribution in [2.75, 3.05) is 11.9 Å². The molecule has 0 saturated carbocycles. The van der Waals surface area contributed by atoms with Crippen LogP contribution in [0, 0.1) is 11.3 Å². The van der Waals surface area contributed by atoms with Crippen molar-refractivity contribution in [2.45, 2.75) is 6.54 Å². The van der Waals surface area contributed by atoms with Crippen molar-refractivity contribution in [3.8, 4) is 6.07 Å². The van der Waals surface area contributed by atoms with Crippen LogP contribution >= 0.6 is 0 Å². The number of aromatic nitrogens is 1. The predicted molar refractivity (Wildman–Crippen MR) is 71.4 cm³/mol. The van der Waals surface area contributed by atoms with Gasteiger partial charge in [0, 0.05) is 13.1 Å². The maximum atomic E-state index is 11.3. The van der Waals surface area contributed by atoms with E-state index in [1.165, 1.54) is 6.07 Å². The van der Waals surface area contributed by atoms with E-state index in [4.69, 9.17) is 15.6 Å². The normalized spacial score (nSPS) is 9.85. The highest BCUT2D eigenvalue weighted by Crippen LogP contribution is 2.20. The standard InChI is InChI=1S/C13H13N5O2/c1-18(12-5-3-2-4-9(12)7-14)8-10-6-11(17-20-10)13(19)16-15/h2-6H,8,15H2,1H3,(H,16,19). The summed E-state index contributed by atoms with van der Waals surface area (Å²) in [5.74, 6) is 5.00. The van der Waals surface area contributed by atoms with Gasteiger partial charge in [-0.2, -0.15) is 5.26 Å². The zero-order valence-electron chi connectivity index (χ0n) is 10.8. The summed E-state index contributed by atoms with van der Waals surface area (Å²) in [6, 6.07) is 10.9. The number of nitrogens with one attached hydrogen (secondary N) is 1. The highest BCUT2D eigenvalue weighted by Gasteiger charge is 2.14. The zero-order chi connectivity index (χ0) is 14.5. The minimum atomic E-state index is -0.514. The molecule has 1 aromatic heterocycles. The van der Waals surface area contributed by atoms with E-state index in [9.17, 15) is 4.79 Å². The number of nitrogens with two attached hydrogens (primary N) is 1. The minimum absolute atomic E-state index is 0.115. The number of hydrogen-bond donors (Lipinski definition) is 2. The number of nitrogens with zero attached hydrogens (tertiary/aromatic N) is 3. The van der Waals surface area contributed by atoms with Crippen molar-refractivity contribution in [1.29, 1.82) is 5.26 Å². The van der Waals surface area contributed by atoms with Crippen LogP contribution in [0.1, 0.15) is 21.8 Å². The molecule has 0 saturated heterocycles. The van der Waals surface area contributed by atoms with Gasteiger partial charge in [0.2, 0.25) is 0 Å². The molecule has 0 aliphatic rings. The Labute approximate surface area is 115 Å². The van der Waals surface area contributed by atoms with E-state index in [0.29, 0.717) is 17.9 Å². The van der Waals surface area contributed by atoms with Crippen molar-refractivity contribution in [3.63, 3.8) is 0 Å². The summed E-state index contributed by atoms with van der Waals surface area (Å²) in [5.41, 5.74) is 3.43. The molecule has 0 aliphatic heterocycles. The average molecular weight is 271 g/mol. The number of hydrazine groups is 1. The summed E-state index contributed by atoms with van der Waals surface area (Å²) in [4.78, 5) is 13.1. The van der Waals surface area contributed by atoms with Gasteiger partial charge in [0.05, 0.1) is 17.8 Å². The Hall–Kier alpha value is -2.85. The summed E-state index contributed by atoms with van der Waals surface area (Å²) in [7, 11) is 1.82. The van der Waals surface area contributed by atoms with Crippen LogP contribution in [0.4, 0.5) is 5.69 Å². The van der Waals surface area contributed by atoms with Crippen LogP contribution in [0.3, 0.4) is 0 Å². The monoisotopic (exact) mass is 271 g/mol. The van der Waals surface area contributed by atoms with E-state index in [2.05, 4.69) is 11.2 Å². The van der Waals surface area contributed by atoms with Crippen LogP contribution in [0.5, 0.6) is 0 Å². The van der Waals surface area contributed by atoms with Gasteiger partial charge in [0.1, 0.15) is 6.07 Å². The van der Waals surface area contributed by atoms with E-state index in [1.54, 1.807) is 12.1 Å². The smallest absolute Gasteiger partial charge is 0.287 e. The summed E-state index contributed by atoms with van der Waals surface area (Å²) in [6.45, 7) is 0.379. The number of carbonyl (C=O) groups is 1. The molecule has 0 aliphatic carbocycles. The third-order valence-electron chi connectivity index (χ3n) is 2.75. The van der Waals surface area contributed by atoms with Gasteiger partial charge in [-0.3, -0.25) is 10.2 Å². The van der Waals surface area contributed by atoms with Gasteiger partial charge in [0.15, 0.2) is 11.5 Å². The molecule has 0 unspecified atom stereocenters. The highest BCUT2D eigenvalue weighted by molar-refractivity contribution is 5.91. The van der Waals surface area contributed by atoms with Gasteiger partial charge in [0.25, 0.3) is 5.91 Å². The van der Waals surface area contributed by atoms with Crippen LogP contribution in [0.25, 0.3) is 0 Å². The molecule has 0 spiro atoms. The maximum Gasteiger partial charge on any atom is 0.287 e. The summed E-state index contributed by atoms with van der Waals surface area (Å²) in [6.07, 6.45) is 0. The molecule has 2 aromatic rings. The molecule has 1 aromatic carbocycles. The van der Waals surface area contributed by atoms with Gasteiger partial charge in [-0.15, -0.1) is 0 Å². The molecule has 0 bridgehead atoms. The first-order valence-electron chi connectivity index (χ1n) is 5.82. The molecular weight excluding hydrogens is 258 g/mol. The van der Waals surface area contributed by atoms with Gasteiger partial charge >= 0.3 is 0 Å². The number of carbonyl (C=O) groups excluding carboxylic acids is 1. The van der Waals surface area contributed by atoms with Gasteiger partial charge in [-0.1, -0.05) is 17.3 Å². The molecule has 2 rings (SSSR count). The summed E-state index contributed by atoms with van der Waals surface area (Å²) >= 11 is 0. The van der Waals surface area contributed by atoms with Crippen LogP contribution in [0.15, 0.2) is 34.9 Å².